The van der Waals surface area contributed by atoms with Crippen molar-refractivity contribution in [2.45, 2.75) is 52.5 Å². The van der Waals surface area contributed by atoms with Crippen LogP contribution in [0.1, 0.15) is 46.5 Å². The number of hydrogen-bond acceptors (Lipinski definition) is 2. The Bertz CT molecular complexity index is 183. The highest BCUT2D eigenvalue weighted by atomic mass is 15.1. The van der Waals surface area contributed by atoms with Crippen LogP contribution in [0.3, 0.4) is 0 Å². The molecule has 2 nitrogen and oxygen atoms in total. The molecule has 0 aromatic carbocycles. The Hall–Kier alpha value is -0.0800. The van der Waals surface area contributed by atoms with Crippen LogP contribution in [0.25, 0.3) is 0 Å². The van der Waals surface area contributed by atoms with Crippen LogP contribution in [0.15, 0.2) is 0 Å². The maximum Gasteiger partial charge on any atom is 0.0137 e. The lowest BCUT2D eigenvalue weighted by Gasteiger charge is -2.36. The molecule has 0 spiro atoms. The number of nitrogens with two attached hydrogens (primary N) is 1. The minimum atomic E-state index is 0.413. The molecule has 15 heavy (non-hydrogen) atoms. The second-order valence-electron chi connectivity index (χ2n) is 6.30. The van der Waals surface area contributed by atoms with Crippen LogP contribution < -0.4 is 5.73 Å². The van der Waals surface area contributed by atoms with Crippen molar-refractivity contribution in [3.63, 3.8) is 0 Å². The fraction of sp³-hybridized carbons (Fsp3) is 1.00. The molecule has 1 fully saturated rings. The first-order chi connectivity index (χ1) is 6.94. The molecule has 0 saturated carbocycles. The first-order valence-corrected chi connectivity index (χ1v) is 6.34. The molecule has 90 valence electrons. The molecular formula is C13H28N2. The van der Waals surface area contributed by atoms with E-state index in [2.05, 4.69) is 32.7 Å². The van der Waals surface area contributed by atoms with Gasteiger partial charge in [0, 0.05) is 6.04 Å². The van der Waals surface area contributed by atoms with E-state index in [9.17, 15) is 0 Å². The zero-order chi connectivity index (χ0) is 11.5. The summed E-state index contributed by atoms with van der Waals surface area (Å²) >= 11 is 0. The van der Waals surface area contributed by atoms with Crippen LogP contribution in [-0.4, -0.2) is 31.1 Å². The number of hydrogen-bond donors (Lipinski definition) is 1. The van der Waals surface area contributed by atoms with Crippen LogP contribution in [0.4, 0.5) is 0 Å². The smallest absolute Gasteiger partial charge is 0.0137 e. The highest BCUT2D eigenvalue weighted by Gasteiger charge is 2.30. The summed E-state index contributed by atoms with van der Waals surface area (Å²) in [6, 6.07) is 0.692. The number of nitrogens with zero attached hydrogens (tertiary/aromatic N) is 1. The van der Waals surface area contributed by atoms with Crippen LogP contribution in [0.5, 0.6) is 0 Å². The molecule has 1 aliphatic rings. The molecule has 1 saturated heterocycles. The van der Waals surface area contributed by atoms with Gasteiger partial charge in [-0.15, -0.1) is 0 Å². The van der Waals surface area contributed by atoms with Crippen molar-refractivity contribution in [3.05, 3.63) is 0 Å². The van der Waals surface area contributed by atoms with Crippen molar-refractivity contribution in [2.24, 2.45) is 17.1 Å². The Labute approximate surface area is 95.2 Å². The van der Waals surface area contributed by atoms with Crippen molar-refractivity contribution >= 4 is 0 Å². The molecule has 0 aliphatic carbocycles. The summed E-state index contributed by atoms with van der Waals surface area (Å²) in [6.45, 7) is 9.10. The van der Waals surface area contributed by atoms with Crippen molar-refractivity contribution in [2.75, 3.05) is 20.1 Å². The molecule has 2 atom stereocenters. The van der Waals surface area contributed by atoms with Crippen molar-refractivity contribution in [1.29, 1.82) is 0 Å². The molecule has 0 unspecified atom stereocenters. The summed E-state index contributed by atoms with van der Waals surface area (Å²) < 4.78 is 0. The molecule has 1 heterocycles. The molecule has 1 aliphatic heterocycles. The lowest BCUT2D eigenvalue weighted by atomic mass is 9.81. The van der Waals surface area contributed by atoms with E-state index in [1.807, 2.05) is 0 Å². The van der Waals surface area contributed by atoms with Crippen LogP contribution in [0, 0.1) is 11.3 Å². The second-order valence-corrected chi connectivity index (χ2v) is 6.30. The molecular weight excluding hydrogens is 184 g/mol. The molecule has 0 radical (unpaired) electrons. The van der Waals surface area contributed by atoms with E-state index < -0.39 is 0 Å². The van der Waals surface area contributed by atoms with Gasteiger partial charge in [0.2, 0.25) is 0 Å². The lowest BCUT2D eigenvalue weighted by molar-refractivity contribution is 0.139. The normalized spacial score (nSPS) is 30.2. The molecule has 2 N–H and O–H groups in total. The summed E-state index contributed by atoms with van der Waals surface area (Å²) in [6.07, 6.45) is 5.29. The third-order valence-electron chi connectivity index (χ3n) is 3.57. The van der Waals surface area contributed by atoms with Crippen LogP contribution in [0.2, 0.25) is 0 Å². The maximum atomic E-state index is 5.92. The van der Waals surface area contributed by atoms with Gasteiger partial charge in [-0.1, -0.05) is 27.2 Å². The summed E-state index contributed by atoms with van der Waals surface area (Å²) in [7, 11) is 2.27. The minimum Gasteiger partial charge on any atom is -0.330 e. The third kappa shape index (κ3) is 4.12. The Balaban J connectivity index is 2.67. The third-order valence-corrected chi connectivity index (χ3v) is 3.57. The predicted molar refractivity (Wildman–Crippen MR) is 66.9 cm³/mol. The second kappa shape index (κ2) is 5.31. The molecule has 0 bridgehead atoms. The Morgan fingerprint density at radius 2 is 1.93 bits per heavy atom. The molecule has 0 aromatic rings. The van der Waals surface area contributed by atoms with Crippen molar-refractivity contribution in [1.82, 2.24) is 4.90 Å². The summed E-state index contributed by atoms with van der Waals surface area (Å²) in [5, 5.41) is 0. The van der Waals surface area contributed by atoms with Gasteiger partial charge < -0.3 is 10.6 Å². The monoisotopic (exact) mass is 212 g/mol. The van der Waals surface area contributed by atoms with E-state index in [0.717, 1.165) is 6.54 Å². The van der Waals surface area contributed by atoms with E-state index in [1.54, 1.807) is 0 Å². The number of rotatable bonds is 2. The summed E-state index contributed by atoms with van der Waals surface area (Å²) in [5.74, 6) is 0.705. The average Bonchev–Trinajstić information content (AvgIpc) is 2.28. The van der Waals surface area contributed by atoms with Gasteiger partial charge in [0.05, 0.1) is 0 Å². The van der Waals surface area contributed by atoms with Gasteiger partial charge in [-0.25, -0.2) is 0 Å². The fourth-order valence-electron chi connectivity index (χ4n) is 2.71. The van der Waals surface area contributed by atoms with Gasteiger partial charge in [-0.3, -0.25) is 0 Å². The number of likely N-dealkylation sites (tertiary alicyclic amines) is 1. The Morgan fingerprint density at radius 1 is 1.27 bits per heavy atom. The quantitative estimate of drug-likeness (QED) is 0.762. The van der Waals surface area contributed by atoms with Crippen LogP contribution >= 0.6 is 0 Å². The zero-order valence-corrected chi connectivity index (χ0v) is 10.9. The topological polar surface area (TPSA) is 29.3 Å². The van der Waals surface area contributed by atoms with Crippen molar-refractivity contribution in [3.8, 4) is 0 Å². The van der Waals surface area contributed by atoms with Gasteiger partial charge in [0.15, 0.2) is 0 Å². The highest BCUT2D eigenvalue weighted by Crippen LogP contribution is 2.31. The van der Waals surface area contributed by atoms with E-state index in [4.69, 9.17) is 5.73 Å². The zero-order valence-electron chi connectivity index (χ0n) is 10.9. The average molecular weight is 212 g/mol. The van der Waals surface area contributed by atoms with E-state index in [0.29, 0.717) is 17.4 Å². The van der Waals surface area contributed by atoms with E-state index in [-0.39, 0.29) is 0 Å². The molecule has 0 amide bonds. The SMILES string of the molecule is CN1CCCC[C@@H](CN)[C@@H]1CC(C)(C)C. The first kappa shape index (κ1) is 13.0. The van der Waals surface area contributed by atoms with Gasteiger partial charge in [0.25, 0.3) is 0 Å². The fourth-order valence-corrected chi connectivity index (χ4v) is 2.71. The van der Waals surface area contributed by atoms with E-state index >= 15 is 0 Å². The highest BCUT2D eigenvalue weighted by molar-refractivity contribution is 4.85. The largest absolute Gasteiger partial charge is 0.330 e. The lowest BCUT2D eigenvalue weighted by Crippen LogP contribution is -2.42. The van der Waals surface area contributed by atoms with Gasteiger partial charge in [0.1, 0.15) is 0 Å². The summed E-state index contributed by atoms with van der Waals surface area (Å²) in [5.41, 5.74) is 6.33. The first-order valence-electron chi connectivity index (χ1n) is 6.34. The predicted octanol–water partition coefficient (Wildman–Crippen LogP) is 2.48. The Morgan fingerprint density at radius 3 is 2.47 bits per heavy atom. The van der Waals surface area contributed by atoms with Gasteiger partial charge >= 0.3 is 0 Å². The van der Waals surface area contributed by atoms with Gasteiger partial charge in [-0.05, 0) is 50.7 Å². The summed E-state index contributed by atoms with van der Waals surface area (Å²) in [4.78, 5) is 2.54. The molecule has 0 aromatic heterocycles. The van der Waals surface area contributed by atoms with Crippen molar-refractivity contribution < 1.29 is 0 Å². The minimum absolute atomic E-state index is 0.413. The van der Waals surface area contributed by atoms with Gasteiger partial charge in [-0.2, -0.15) is 0 Å². The van der Waals surface area contributed by atoms with Crippen LogP contribution in [-0.2, 0) is 0 Å². The standard InChI is InChI=1S/C13H28N2/c1-13(2,3)9-12-11(10-14)7-5-6-8-15(12)4/h11-12H,5-10,14H2,1-4H3/t11-,12-/m0/s1. The maximum absolute atomic E-state index is 5.92. The Kier molecular flexibility index (Phi) is 4.60. The van der Waals surface area contributed by atoms with E-state index in [1.165, 1.54) is 32.2 Å². The molecule has 2 heteroatoms. The molecule has 1 rings (SSSR count).